The molecule has 5 rings (SSSR count). The van der Waals surface area contributed by atoms with E-state index in [2.05, 4.69) is 10.2 Å². The molecule has 2 heterocycles. The first-order valence-electron chi connectivity index (χ1n) is 11.0. The predicted molar refractivity (Wildman–Crippen MR) is 117 cm³/mol. The van der Waals surface area contributed by atoms with E-state index in [4.69, 9.17) is 5.73 Å². The molecule has 34 heavy (non-hydrogen) atoms. The molecule has 0 spiro atoms. The number of carbonyl (C=O) groups excluding carboxylic acids is 1. The van der Waals surface area contributed by atoms with E-state index in [1.165, 1.54) is 17.3 Å². The Balaban J connectivity index is 1.53. The highest BCUT2D eigenvalue weighted by Gasteiger charge is 2.49. The summed E-state index contributed by atoms with van der Waals surface area (Å²) >= 11 is 0. The van der Waals surface area contributed by atoms with Crippen molar-refractivity contribution in [2.45, 2.75) is 50.1 Å². The molecule has 0 bridgehead atoms. The fourth-order valence-electron chi connectivity index (χ4n) is 5.05. The molecule has 1 aromatic heterocycles. The number of aryl methyl sites for hydroxylation is 1. The summed E-state index contributed by atoms with van der Waals surface area (Å²) < 4.78 is 58.4. The molecule has 1 saturated carbocycles. The second-order valence-electron chi connectivity index (χ2n) is 8.99. The minimum Gasteiger partial charge on any atom is -0.326 e. The Morgan fingerprint density at radius 2 is 1.97 bits per heavy atom. The lowest BCUT2D eigenvalue weighted by molar-refractivity contribution is -0.138. The second-order valence-corrected chi connectivity index (χ2v) is 8.99. The Hall–Kier alpha value is -3.27. The van der Waals surface area contributed by atoms with Gasteiger partial charge < -0.3 is 15.2 Å². The van der Waals surface area contributed by atoms with Crippen LogP contribution in [0.2, 0.25) is 0 Å². The number of nitrogens with zero attached hydrogens (tertiary/aromatic N) is 4. The first kappa shape index (κ1) is 22.5. The number of anilines is 1. The number of nitrogens with two attached hydrogens (primary N) is 1. The quantitative estimate of drug-likeness (QED) is 0.550. The zero-order valence-electron chi connectivity index (χ0n) is 18.4. The van der Waals surface area contributed by atoms with Gasteiger partial charge >= 0.3 is 6.18 Å². The van der Waals surface area contributed by atoms with Crippen LogP contribution in [0.5, 0.6) is 0 Å². The van der Waals surface area contributed by atoms with Crippen molar-refractivity contribution in [1.29, 1.82) is 0 Å². The van der Waals surface area contributed by atoms with Gasteiger partial charge in [-0.05, 0) is 53.8 Å². The summed E-state index contributed by atoms with van der Waals surface area (Å²) in [5.41, 5.74) is 5.20. The number of aromatic nitrogens is 3. The molecule has 1 amide bonds. The third-order valence-corrected chi connectivity index (χ3v) is 7.08. The standard InChI is InChI=1S/C24H23F4N5O/c1-32-13-30-31-21(32)20(25)23(6-3-7-23)15-4-2-5-16(10-15)33-12-18-17(22(33)34)8-14(11-29)9-19(18)24(26,27)28/h2,4-5,8-10,13,20H,3,6-7,11-12,29H2,1H3/t20-/m1/s1. The Kier molecular flexibility index (Phi) is 5.23. The summed E-state index contributed by atoms with van der Waals surface area (Å²) in [6.07, 6.45) is -2.54. The van der Waals surface area contributed by atoms with Gasteiger partial charge in [-0.3, -0.25) is 4.79 Å². The smallest absolute Gasteiger partial charge is 0.326 e. The van der Waals surface area contributed by atoms with Gasteiger partial charge in [-0.25, -0.2) is 4.39 Å². The summed E-state index contributed by atoms with van der Waals surface area (Å²) in [4.78, 5) is 14.5. The van der Waals surface area contributed by atoms with Crippen molar-refractivity contribution in [2.24, 2.45) is 12.8 Å². The molecule has 2 aromatic carbocycles. The maximum absolute atomic E-state index is 15.7. The first-order valence-corrected chi connectivity index (χ1v) is 11.0. The fraction of sp³-hybridized carbons (Fsp3) is 0.375. The zero-order valence-corrected chi connectivity index (χ0v) is 18.4. The lowest BCUT2D eigenvalue weighted by Gasteiger charge is -2.44. The number of halogens is 4. The third-order valence-electron chi connectivity index (χ3n) is 7.08. The highest BCUT2D eigenvalue weighted by atomic mass is 19.4. The number of amides is 1. The highest BCUT2D eigenvalue weighted by Crippen LogP contribution is 2.54. The number of carbonyl (C=O) groups is 1. The summed E-state index contributed by atoms with van der Waals surface area (Å²) in [6.45, 7) is -0.325. The SMILES string of the molecule is Cn1cnnc1[C@@H](F)C1(c2cccc(N3Cc4c(cc(CN)cc4C(F)(F)F)C3=O)c2)CCC1. The average Bonchev–Trinajstić information content (AvgIpc) is 3.35. The van der Waals surface area contributed by atoms with Gasteiger partial charge in [0.25, 0.3) is 5.91 Å². The van der Waals surface area contributed by atoms with Crippen LogP contribution < -0.4 is 10.6 Å². The van der Waals surface area contributed by atoms with Gasteiger partial charge in [-0.15, -0.1) is 10.2 Å². The van der Waals surface area contributed by atoms with E-state index in [-0.39, 0.29) is 35.6 Å². The lowest BCUT2D eigenvalue weighted by Crippen LogP contribution is -2.40. The first-order chi connectivity index (χ1) is 16.2. The van der Waals surface area contributed by atoms with Gasteiger partial charge in [-0.1, -0.05) is 18.6 Å². The van der Waals surface area contributed by atoms with Crippen LogP contribution in [0.4, 0.5) is 23.2 Å². The Labute approximate surface area is 193 Å². The molecule has 1 atom stereocenters. The van der Waals surface area contributed by atoms with Crippen molar-refractivity contribution in [3.05, 3.63) is 76.4 Å². The minimum atomic E-state index is -4.61. The molecule has 0 unspecified atom stereocenters. The largest absolute Gasteiger partial charge is 0.416 e. The van der Waals surface area contributed by atoms with Gasteiger partial charge in [0, 0.05) is 30.3 Å². The lowest BCUT2D eigenvalue weighted by atomic mass is 9.61. The maximum atomic E-state index is 15.7. The van der Waals surface area contributed by atoms with Crippen molar-refractivity contribution in [3.63, 3.8) is 0 Å². The second kappa shape index (κ2) is 7.90. The minimum absolute atomic E-state index is 0.00138. The van der Waals surface area contributed by atoms with Crippen molar-refractivity contribution in [1.82, 2.24) is 14.8 Å². The summed E-state index contributed by atoms with van der Waals surface area (Å²) in [5.74, 6) is -0.306. The van der Waals surface area contributed by atoms with Crippen LogP contribution in [-0.4, -0.2) is 20.7 Å². The summed E-state index contributed by atoms with van der Waals surface area (Å²) in [7, 11) is 1.68. The molecule has 178 valence electrons. The molecular weight excluding hydrogens is 450 g/mol. The van der Waals surface area contributed by atoms with Crippen LogP contribution in [0, 0.1) is 0 Å². The molecule has 3 aromatic rings. The topological polar surface area (TPSA) is 77.0 Å². The van der Waals surface area contributed by atoms with Crippen molar-refractivity contribution in [2.75, 3.05) is 4.90 Å². The third kappa shape index (κ3) is 3.39. The molecule has 1 aliphatic carbocycles. The number of hydrogen-bond donors (Lipinski definition) is 1. The molecule has 0 saturated heterocycles. The van der Waals surface area contributed by atoms with E-state index in [1.54, 1.807) is 35.9 Å². The number of rotatable bonds is 5. The van der Waals surface area contributed by atoms with Gasteiger partial charge in [-0.2, -0.15) is 13.2 Å². The maximum Gasteiger partial charge on any atom is 0.416 e. The normalized spacial score (nSPS) is 18.1. The van der Waals surface area contributed by atoms with E-state index in [9.17, 15) is 18.0 Å². The summed E-state index contributed by atoms with van der Waals surface area (Å²) in [6, 6.07) is 9.31. The number of alkyl halides is 4. The van der Waals surface area contributed by atoms with E-state index in [1.807, 2.05) is 0 Å². The summed E-state index contributed by atoms with van der Waals surface area (Å²) in [5, 5.41) is 7.72. The number of fused-ring (bicyclic) bond motifs is 1. The van der Waals surface area contributed by atoms with Crippen LogP contribution in [0.1, 0.15) is 63.9 Å². The molecule has 1 fully saturated rings. The van der Waals surface area contributed by atoms with Crippen molar-refractivity contribution < 1.29 is 22.4 Å². The Bertz CT molecular complexity index is 1260. The fourth-order valence-corrected chi connectivity index (χ4v) is 5.05. The van der Waals surface area contributed by atoms with E-state index < -0.39 is 29.2 Å². The monoisotopic (exact) mass is 473 g/mol. The number of benzene rings is 2. The van der Waals surface area contributed by atoms with Crippen LogP contribution in [-0.2, 0) is 31.7 Å². The highest BCUT2D eigenvalue weighted by molar-refractivity contribution is 6.10. The molecule has 2 aliphatic rings. The van der Waals surface area contributed by atoms with Crippen LogP contribution in [0.25, 0.3) is 0 Å². The van der Waals surface area contributed by atoms with Crippen molar-refractivity contribution in [3.8, 4) is 0 Å². The van der Waals surface area contributed by atoms with E-state index in [0.717, 1.165) is 12.5 Å². The van der Waals surface area contributed by atoms with Crippen LogP contribution in [0.3, 0.4) is 0 Å². The van der Waals surface area contributed by atoms with Gasteiger partial charge in [0.05, 0.1) is 12.1 Å². The van der Waals surface area contributed by atoms with Gasteiger partial charge in [0.2, 0.25) is 0 Å². The molecule has 2 N–H and O–H groups in total. The van der Waals surface area contributed by atoms with Crippen molar-refractivity contribution >= 4 is 11.6 Å². The zero-order chi connectivity index (χ0) is 24.3. The molecular formula is C24H23F4N5O. The molecule has 0 radical (unpaired) electrons. The molecule has 1 aliphatic heterocycles. The Morgan fingerprint density at radius 3 is 2.56 bits per heavy atom. The van der Waals surface area contributed by atoms with Crippen LogP contribution >= 0.6 is 0 Å². The average molecular weight is 473 g/mol. The predicted octanol–water partition coefficient (Wildman–Crippen LogP) is 4.59. The molecule has 10 heteroatoms. The number of hydrogen-bond acceptors (Lipinski definition) is 4. The van der Waals surface area contributed by atoms with E-state index >= 15 is 4.39 Å². The van der Waals surface area contributed by atoms with Gasteiger partial charge in [0.1, 0.15) is 6.33 Å². The van der Waals surface area contributed by atoms with Gasteiger partial charge in [0.15, 0.2) is 12.0 Å². The van der Waals surface area contributed by atoms with E-state index in [0.29, 0.717) is 24.1 Å². The molecule has 6 nitrogen and oxygen atoms in total. The van der Waals surface area contributed by atoms with Crippen LogP contribution in [0.15, 0.2) is 42.7 Å². The Morgan fingerprint density at radius 1 is 1.21 bits per heavy atom.